The zero-order chi connectivity index (χ0) is 20.6. The second-order valence-corrected chi connectivity index (χ2v) is 7.47. The van der Waals surface area contributed by atoms with Crippen LogP contribution >= 0.6 is 0 Å². The molecule has 0 saturated carbocycles. The third-order valence-corrected chi connectivity index (χ3v) is 5.55. The summed E-state index contributed by atoms with van der Waals surface area (Å²) < 4.78 is 4.94. The number of carbonyl (C=O) groups is 2. The fraction of sp³-hybridized carbons (Fsp3) is 0.360. The number of benzene rings is 2. The minimum absolute atomic E-state index is 0.149. The van der Waals surface area contributed by atoms with Crippen molar-refractivity contribution in [2.45, 2.75) is 50.5 Å². The van der Waals surface area contributed by atoms with Gasteiger partial charge >= 0.3 is 5.97 Å². The van der Waals surface area contributed by atoms with Crippen molar-refractivity contribution in [1.29, 1.82) is 0 Å². The predicted molar refractivity (Wildman–Crippen MR) is 116 cm³/mol. The van der Waals surface area contributed by atoms with E-state index in [-0.39, 0.29) is 11.9 Å². The van der Waals surface area contributed by atoms with Gasteiger partial charge in [0, 0.05) is 0 Å². The molecule has 4 nitrogen and oxygen atoms in total. The van der Waals surface area contributed by atoms with Crippen LogP contribution in [0.3, 0.4) is 0 Å². The second-order valence-electron chi connectivity index (χ2n) is 7.47. The van der Waals surface area contributed by atoms with Crippen LogP contribution in [0.4, 0.5) is 0 Å². The van der Waals surface area contributed by atoms with E-state index in [1.165, 1.54) is 7.11 Å². The van der Waals surface area contributed by atoms with Crippen molar-refractivity contribution in [2.24, 2.45) is 0 Å². The summed E-state index contributed by atoms with van der Waals surface area (Å²) in [7, 11) is 1.37. The van der Waals surface area contributed by atoms with Crippen molar-refractivity contribution in [2.75, 3.05) is 7.11 Å². The molecular formula is C25H29NO3. The number of nitrogens with one attached hydrogen (secondary N) is 1. The maximum Gasteiger partial charge on any atom is 0.328 e. The van der Waals surface area contributed by atoms with Crippen LogP contribution in [-0.2, 0) is 14.3 Å². The van der Waals surface area contributed by atoms with Crippen LogP contribution in [-0.4, -0.2) is 25.0 Å². The molecule has 0 saturated heterocycles. The summed E-state index contributed by atoms with van der Waals surface area (Å²) in [5.41, 5.74) is 4.14. The maximum absolute atomic E-state index is 13.2. The summed E-state index contributed by atoms with van der Waals surface area (Å²) in [5, 5.41) is 2.96. The molecule has 1 amide bonds. The van der Waals surface area contributed by atoms with Gasteiger partial charge in [0.2, 0.25) is 5.91 Å². The van der Waals surface area contributed by atoms with Gasteiger partial charge in [-0.15, -0.1) is 6.58 Å². The maximum atomic E-state index is 13.2. The number of amides is 1. The molecule has 0 fully saturated rings. The average Bonchev–Trinajstić information content (AvgIpc) is 3.09. The normalized spacial score (nSPS) is 13.3. The van der Waals surface area contributed by atoms with Gasteiger partial charge in [-0.2, -0.15) is 0 Å². The molecule has 1 atom stereocenters. The van der Waals surface area contributed by atoms with Crippen molar-refractivity contribution in [3.05, 3.63) is 72.3 Å². The van der Waals surface area contributed by atoms with Crippen LogP contribution in [0.1, 0.15) is 55.6 Å². The Morgan fingerprint density at radius 3 is 2.17 bits per heavy atom. The number of carbonyl (C=O) groups excluding carboxylic acids is 2. The van der Waals surface area contributed by atoms with Crippen LogP contribution in [0.5, 0.6) is 0 Å². The fourth-order valence-corrected chi connectivity index (χ4v) is 4.07. The van der Waals surface area contributed by atoms with E-state index in [1.807, 2.05) is 54.6 Å². The van der Waals surface area contributed by atoms with Crippen molar-refractivity contribution in [3.8, 4) is 11.1 Å². The van der Waals surface area contributed by atoms with Gasteiger partial charge in [0.25, 0.3) is 0 Å². The molecule has 1 aliphatic rings. The average molecular weight is 392 g/mol. The zero-order valence-corrected chi connectivity index (χ0v) is 17.0. The molecule has 2 aromatic rings. The summed E-state index contributed by atoms with van der Waals surface area (Å²) in [6.07, 6.45) is 7.61. The molecule has 1 aliphatic carbocycles. The molecule has 0 aliphatic heterocycles. The Balaban J connectivity index is 1.71. The fourth-order valence-electron chi connectivity index (χ4n) is 4.07. The summed E-state index contributed by atoms with van der Waals surface area (Å²) in [4.78, 5) is 25.5. The molecule has 0 radical (unpaired) electrons. The minimum Gasteiger partial charge on any atom is -0.467 e. The van der Waals surface area contributed by atoms with Gasteiger partial charge in [-0.3, -0.25) is 4.79 Å². The Morgan fingerprint density at radius 1 is 1.00 bits per heavy atom. The van der Waals surface area contributed by atoms with Gasteiger partial charge < -0.3 is 10.1 Å². The Labute approximate surface area is 173 Å². The number of esters is 1. The first kappa shape index (κ1) is 20.8. The number of fused-ring (bicyclic) bond motifs is 3. The third kappa shape index (κ3) is 4.76. The van der Waals surface area contributed by atoms with Crippen LogP contribution in [0.15, 0.2) is 61.2 Å². The summed E-state index contributed by atoms with van der Waals surface area (Å²) in [6.45, 7) is 3.73. The molecule has 0 heterocycles. The van der Waals surface area contributed by atoms with Gasteiger partial charge in [0.1, 0.15) is 6.04 Å². The Morgan fingerprint density at radius 2 is 1.59 bits per heavy atom. The lowest BCUT2D eigenvalue weighted by molar-refractivity contribution is -0.145. The van der Waals surface area contributed by atoms with Crippen LogP contribution in [0, 0.1) is 0 Å². The third-order valence-electron chi connectivity index (χ3n) is 5.55. The molecule has 4 heteroatoms. The van der Waals surface area contributed by atoms with E-state index < -0.39 is 12.0 Å². The van der Waals surface area contributed by atoms with Crippen molar-refractivity contribution < 1.29 is 14.3 Å². The quantitative estimate of drug-likeness (QED) is 0.353. The van der Waals surface area contributed by atoms with E-state index in [0.29, 0.717) is 6.42 Å². The number of hydrogen-bond acceptors (Lipinski definition) is 3. The summed E-state index contributed by atoms with van der Waals surface area (Å²) >= 11 is 0. The van der Waals surface area contributed by atoms with Crippen molar-refractivity contribution in [1.82, 2.24) is 5.32 Å². The molecule has 152 valence electrons. The topological polar surface area (TPSA) is 55.4 Å². The standard InChI is InChI=1S/C25H29NO3/c1-3-4-5-6-7-8-17-22(25(28)29-2)26-24(27)23-20-15-11-9-13-18(20)19-14-10-12-16-21(19)23/h3,9-16,22-23H,1,4-8,17H2,2H3,(H,26,27)/t22-/m1/s1. The minimum atomic E-state index is -0.619. The second kappa shape index (κ2) is 10.1. The number of unbranched alkanes of at least 4 members (excludes halogenated alkanes) is 4. The molecule has 0 unspecified atom stereocenters. The highest BCUT2D eigenvalue weighted by molar-refractivity contribution is 5.97. The lowest BCUT2D eigenvalue weighted by atomic mass is 9.95. The molecule has 29 heavy (non-hydrogen) atoms. The van der Waals surface area contributed by atoms with Gasteiger partial charge in [0.05, 0.1) is 13.0 Å². The van der Waals surface area contributed by atoms with E-state index in [0.717, 1.165) is 54.4 Å². The number of rotatable bonds is 10. The monoisotopic (exact) mass is 391 g/mol. The first-order valence-corrected chi connectivity index (χ1v) is 10.3. The highest BCUT2D eigenvalue weighted by atomic mass is 16.5. The SMILES string of the molecule is C=CCCCCCC[C@@H](NC(=O)C1c2ccccc2-c2ccccc21)C(=O)OC. The smallest absolute Gasteiger partial charge is 0.328 e. The molecule has 0 aromatic heterocycles. The number of methoxy groups -OCH3 is 1. The Kier molecular flexibility index (Phi) is 7.23. The summed E-state index contributed by atoms with van der Waals surface area (Å²) in [5.74, 6) is -0.935. The van der Waals surface area contributed by atoms with Crippen LogP contribution in [0.2, 0.25) is 0 Å². The largest absolute Gasteiger partial charge is 0.467 e. The van der Waals surface area contributed by atoms with Gasteiger partial charge in [-0.05, 0) is 41.5 Å². The number of allylic oxidation sites excluding steroid dienone is 1. The molecule has 0 spiro atoms. The van der Waals surface area contributed by atoms with E-state index in [9.17, 15) is 9.59 Å². The zero-order valence-electron chi connectivity index (χ0n) is 17.0. The molecule has 0 bridgehead atoms. The highest BCUT2D eigenvalue weighted by Crippen LogP contribution is 2.44. The molecule has 2 aromatic carbocycles. The Bertz CT molecular complexity index is 828. The van der Waals surface area contributed by atoms with Gasteiger partial charge in [-0.25, -0.2) is 4.79 Å². The molecule has 1 N–H and O–H groups in total. The van der Waals surface area contributed by atoms with Crippen LogP contribution in [0.25, 0.3) is 11.1 Å². The van der Waals surface area contributed by atoms with E-state index >= 15 is 0 Å². The van der Waals surface area contributed by atoms with E-state index in [1.54, 1.807) is 0 Å². The van der Waals surface area contributed by atoms with Gasteiger partial charge in [-0.1, -0.05) is 73.9 Å². The number of hydrogen-bond donors (Lipinski definition) is 1. The number of ether oxygens (including phenoxy) is 1. The van der Waals surface area contributed by atoms with E-state index in [2.05, 4.69) is 11.9 Å². The molecular weight excluding hydrogens is 362 g/mol. The lowest BCUT2D eigenvalue weighted by Crippen LogP contribution is -2.43. The van der Waals surface area contributed by atoms with Crippen molar-refractivity contribution in [3.63, 3.8) is 0 Å². The first-order valence-electron chi connectivity index (χ1n) is 10.3. The Hall–Kier alpha value is -2.88. The lowest BCUT2D eigenvalue weighted by Gasteiger charge is -2.20. The van der Waals surface area contributed by atoms with E-state index in [4.69, 9.17) is 4.74 Å². The van der Waals surface area contributed by atoms with Crippen molar-refractivity contribution >= 4 is 11.9 Å². The molecule has 3 rings (SSSR count). The summed E-state index contributed by atoms with van der Waals surface area (Å²) in [6, 6.07) is 15.3. The predicted octanol–water partition coefficient (Wildman–Crippen LogP) is 4.98. The highest BCUT2D eigenvalue weighted by Gasteiger charge is 2.35. The van der Waals surface area contributed by atoms with Gasteiger partial charge in [0.15, 0.2) is 0 Å². The first-order chi connectivity index (χ1) is 14.2. The van der Waals surface area contributed by atoms with Crippen LogP contribution < -0.4 is 5.32 Å².